The summed E-state index contributed by atoms with van der Waals surface area (Å²) in [4.78, 5) is 24.5. The summed E-state index contributed by atoms with van der Waals surface area (Å²) in [5.74, 6) is -0.446. The van der Waals surface area contributed by atoms with E-state index in [0.717, 1.165) is 5.56 Å². The van der Waals surface area contributed by atoms with E-state index in [-0.39, 0.29) is 35.5 Å². The molecule has 10 heteroatoms. The molecule has 2 aromatic rings. The highest BCUT2D eigenvalue weighted by atomic mass is 32.2. The number of rotatable bonds is 9. The van der Waals surface area contributed by atoms with E-state index in [4.69, 9.17) is 14.2 Å². The van der Waals surface area contributed by atoms with Gasteiger partial charge in [0.15, 0.2) is 0 Å². The van der Waals surface area contributed by atoms with Gasteiger partial charge in [0.2, 0.25) is 15.9 Å². The maximum Gasteiger partial charge on any atom is 0.310 e. The van der Waals surface area contributed by atoms with Crippen molar-refractivity contribution in [3.8, 4) is 11.5 Å². The van der Waals surface area contributed by atoms with E-state index in [2.05, 4.69) is 5.32 Å². The predicted molar refractivity (Wildman–Crippen MR) is 126 cm³/mol. The van der Waals surface area contributed by atoms with Gasteiger partial charge < -0.3 is 19.5 Å². The summed E-state index contributed by atoms with van der Waals surface area (Å²) in [6, 6.07) is 11.5. The lowest BCUT2D eigenvalue weighted by Gasteiger charge is -2.31. The molecule has 2 aromatic carbocycles. The summed E-state index contributed by atoms with van der Waals surface area (Å²) in [6.07, 6.45) is 1.29. The van der Waals surface area contributed by atoms with E-state index in [1.54, 1.807) is 43.3 Å². The lowest BCUT2D eigenvalue weighted by atomic mass is 9.98. The first-order valence-electron chi connectivity index (χ1n) is 11.1. The van der Waals surface area contributed by atoms with Crippen molar-refractivity contribution < 1.29 is 32.2 Å². The van der Waals surface area contributed by atoms with Crippen LogP contribution < -0.4 is 14.8 Å². The number of carbonyl (C=O) groups excluding carboxylic acids is 2. The molecule has 3 rings (SSSR count). The number of sulfonamides is 1. The van der Waals surface area contributed by atoms with Gasteiger partial charge >= 0.3 is 5.97 Å². The number of nitrogens with one attached hydrogen (secondary N) is 1. The van der Waals surface area contributed by atoms with E-state index >= 15 is 0 Å². The molecule has 0 aliphatic carbocycles. The molecule has 184 valence electrons. The van der Waals surface area contributed by atoms with Gasteiger partial charge in [0.25, 0.3) is 0 Å². The zero-order valence-electron chi connectivity index (χ0n) is 19.6. The zero-order valence-corrected chi connectivity index (χ0v) is 20.4. The smallest absolute Gasteiger partial charge is 0.310 e. The lowest BCUT2D eigenvalue weighted by molar-refractivity contribution is -0.142. The molecule has 34 heavy (non-hydrogen) atoms. The summed E-state index contributed by atoms with van der Waals surface area (Å²) < 4.78 is 43.4. The van der Waals surface area contributed by atoms with Crippen LogP contribution in [0, 0.1) is 5.92 Å². The van der Waals surface area contributed by atoms with Crippen LogP contribution in [0.25, 0.3) is 0 Å². The minimum atomic E-state index is -3.89. The average Bonchev–Trinajstić information content (AvgIpc) is 2.85. The molecule has 0 spiro atoms. The van der Waals surface area contributed by atoms with Gasteiger partial charge in [0.05, 0.1) is 33.2 Å². The van der Waals surface area contributed by atoms with Crippen molar-refractivity contribution in [3.05, 3.63) is 48.0 Å². The van der Waals surface area contributed by atoms with Crippen LogP contribution in [-0.4, -0.2) is 58.5 Å². The maximum absolute atomic E-state index is 13.4. The minimum absolute atomic E-state index is 0.00703. The Balaban J connectivity index is 1.68. The highest BCUT2D eigenvalue weighted by Gasteiger charge is 2.35. The number of anilines is 1. The fraction of sp³-hybridized carbons (Fsp3) is 0.417. The maximum atomic E-state index is 13.4. The number of nitrogens with zero attached hydrogens (tertiary/aromatic N) is 1. The lowest BCUT2D eigenvalue weighted by Crippen LogP contribution is -2.43. The number of hydrogen-bond donors (Lipinski definition) is 1. The first kappa shape index (κ1) is 25.5. The Morgan fingerprint density at radius 2 is 1.82 bits per heavy atom. The Morgan fingerprint density at radius 3 is 2.47 bits per heavy atom. The predicted octanol–water partition coefficient (Wildman–Crippen LogP) is 2.85. The van der Waals surface area contributed by atoms with Crippen LogP contribution in [0.2, 0.25) is 0 Å². The summed E-state index contributed by atoms with van der Waals surface area (Å²) in [5, 5.41) is 2.85. The normalized spacial score (nSPS) is 16.5. The molecular weight excluding hydrogens is 460 g/mol. The Hall–Kier alpha value is -3.11. The summed E-state index contributed by atoms with van der Waals surface area (Å²) >= 11 is 0. The molecule has 0 saturated carbocycles. The van der Waals surface area contributed by atoms with Crippen molar-refractivity contribution in [1.29, 1.82) is 0 Å². The monoisotopic (exact) mass is 490 g/mol. The molecule has 1 aliphatic heterocycles. The summed E-state index contributed by atoms with van der Waals surface area (Å²) in [7, 11) is -1.02. The quantitative estimate of drug-likeness (QED) is 0.538. The zero-order chi connectivity index (χ0) is 24.7. The van der Waals surface area contributed by atoms with Crippen LogP contribution in [0.4, 0.5) is 5.69 Å². The van der Waals surface area contributed by atoms with E-state index < -0.39 is 15.9 Å². The van der Waals surface area contributed by atoms with Crippen LogP contribution in [0.1, 0.15) is 25.3 Å². The van der Waals surface area contributed by atoms with Gasteiger partial charge in [-0.1, -0.05) is 12.1 Å². The largest absolute Gasteiger partial charge is 0.497 e. The molecule has 9 nitrogen and oxygen atoms in total. The Bertz CT molecular complexity index is 1120. The molecule has 1 unspecified atom stereocenters. The number of piperidine rings is 1. The third kappa shape index (κ3) is 6.06. The van der Waals surface area contributed by atoms with Crippen LogP contribution in [0.5, 0.6) is 11.5 Å². The van der Waals surface area contributed by atoms with E-state index in [1.165, 1.54) is 24.6 Å². The van der Waals surface area contributed by atoms with Crippen molar-refractivity contribution in [2.75, 3.05) is 39.2 Å². The molecule has 1 N–H and O–H groups in total. The number of amides is 1. The van der Waals surface area contributed by atoms with Crippen molar-refractivity contribution in [3.63, 3.8) is 0 Å². The molecule has 1 saturated heterocycles. The first-order chi connectivity index (χ1) is 16.3. The van der Waals surface area contributed by atoms with Gasteiger partial charge in [-0.05, 0) is 49.6 Å². The number of methoxy groups -OCH3 is 2. The highest BCUT2D eigenvalue weighted by Crippen LogP contribution is 2.33. The van der Waals surface area contributed by atoms with Gasteiger partial charge in [-0.2, -0.15) is 4.31 Å². The molecule has 0 aromatic heterocycles. The van der Waals surface area contributed by atoms with Crippen molar-refractivity contribution in [2.45, 2.75) is 31.1 Å². The number of ether oxygens (including phenoxy) is 3. The van der Waals surface area contributed by atoms with E-state index in [1.807, 2.05) is 0 Å². The summed E-state index contributed by atoms with van der Waals surface area (Å²) in [5.41, 5.74) is 1.35. The standard InChI is InChI=1S/C24H30N2O7S/c1-4-33-23(27)14-17-7-9-19(10-8-17)25-24(28)18-6-5-13-26(16-18)34(29,30)22-15-20(31-2)11-12-21(22)32-3/h7-12,15,18H,4-6,13-14,16H2,1-3H3,(H,25,28). The Kier molecular flexibility index (Phi) is 8.51. The van der Waals surface area contributed by atoms with Crippen molar-refractivity contribution in [1.82, 2.24) is 4.31 Å². The third-order valence-corrected chi connectivity index (χ3v) is 7.51. The van der Waals surface area contributed by atoms with Crippen molar-refractivity contribution >= 4 is 27.6 Å². The molecule has 1 atom stereocenters. The third-order valence-electron chi connectivity index (χ3n) is 5.62. The molecule has 1 aliphatic rings. The Labute approximate surface area is 200 Å². The van der Waals surface area contributed by atoms with Gasteiger partial charge in [0, 0.05) is 24.8 Å². The minimum Gasteiger partial charge on any atom is -0.497 e. The van der Waals surface area contributed by atoms with Gasteiger partial charge in [-0.3, -0.25) is 9.59 Å². The first-order valence-corrected chi connectivity index (χ1v) is 12.5. The molecule has 1 amide bonds. The number of carbonyl (C=O) groups is 2. The molecular formula is C24H30N2O7S. The van der Waals surface area contributed by atoms with Crippen molar-refractivity contribution in [2.24, 2.45) is 5.92 Å². The van der Waals surface area contributed by atoms with Gasteiger partial charge in [0.1, 0.15) is 16.4 Å². The summed E-state index contributed by atoms with van der Waals surface area (Å²) in [6.45, 7) is 2.46. The van der Waals surface area contributed by atoms with E-state index in [9.17, 15) is 18.0 Å². The SMILES string of the molecule is CCOC(=O)Cc1ccc(NC(=O)C2CCCN(S(=O)(=O)c3cc(OC)ccc3OC)C2)cc1. The van der Waals surface area contributed by atoms with Crippen LogP contribution >= 0.6 is 0 Å². The second-order valence-electron chi connectivity index (χ2n) is 7.89. The second kappa shape index (κ2) is 11.3. The molecule has 0 bridgehead atoms. The van der Waals surface area contributed by atoms with Gasteiger partial charge in [-0.25, -0.2) is 8.42 Å². The van der Waals surface area contributed by atoms with E-state index in [0.29, 0.717) is 37.4 Å². The molecule has 1 heterocycles. The Morgan fingerprint density at radius 1 is 1.09 bits per heavy atom. The fourth-order valence-electron chi connectivity index (χ4n) is 3.83. The number of esters is 1. The average molecular weight is 491 g/mol. The van der Waals surface area contributed by atoms with Crippen LogP contribution in [0.15, 0.2) is 47.4 Å². The van der Waals surface area contributed by atoms with Crippen LogP contribution in [-0.2, 0) is 30.8 Å². The number of benzene rings is 2. The molecule has 1 fully saturated rings. The fourth-order valence-corrected chi connectivity index (χ4v) is 5.52. The molecule has 0 radical (unpaired) electrons. The van der Waals surface area contributed by atoms with Gasteiger partial charge in [-0.15, -0.1) is 0 Å². The second-order valence-corrected chi connectivity index (χ2v) is 9.79. The number of hydrogen-bond acceptors (Lipinski definition) is 7. The highest BCUT2D eigenvalue weighted by molar-refractivity contribution is 7.89. The van der Waals surface area contributed by atoms with Crippen LogP contribution in [0.3, 0.4) is 0 Å². The topological polar surface area (TPSA) is 111 Å².